The molecule has 0 spiro atoms. The van der Waals surface area contributed by atoms with E-state index in [0.717, 1.165) is 16.8 Å². The van der Waals surface area contributed by atoms with Crippen LogP contribution in [0.15, 0.2) is 60.7 Å². The molecule has 0 aliphatic carbocycles. The monoisotopic (exact) mass is 340 g/mol. The second-order valence-electron chi connectivity index (χ2n) is 5.88. The Morgan fingerprint density at radius 2 is 1.76 bits per heavy atom. The topological polar surface area (TPSA) is 41.1 Å². The van der Waals surface area contributed by atoms with Crippen LogP contribution in [0.3, 0.4) is 0 Å². The van der Waals surface area contributed by atoms with Crippen LogP contribution < -0.4 is 10.6 Å². The Kier molecular flexibility index (Phi) is 5.05. The number of nitrogens with one attached hydrogen (secondary N) is 2. The Hall–Kier alpha value is -2.79. The highest BCUT2D eigenvalue weighted by atomic mass is 19.1. The summed E-state index contributed by atoms with van der Waals surface area (Å²) < 4.78 is 26.7. The van der Waals surface area contributed by atoms with Crippen LogP contribution in [0, 0.1) is 11.6 Å². The van der Waals surface area contributed by atoms with Crippen molar-refractivity contribution in [1.82, 2.24) is 5.32 Å². The fourth-order valence-corrected chi connectivity index (χ4v) is 2.68. The molecule has 128 valence electrons. The summed E-state index contributed by atoms with van der Waals surface area (Å²) in [6.07, 6.45) is 0. The van der Waals surface area contributed by atoms with Crippen LogP contribution in [0.4, 0.5) is 14.5 Å². The maximum atomic E-state index is 13.7. The Balaban J connectivity index is 1.60. The molecule has 3 rings (SSSR count). The third-order valence-electron chi connectivity index (χ3n) is 4.03. The quantitative estimate of drug-likeness (QED) is 0.722. The zero-order chi connectivity index (χ0) is 17.8. The number of anilines is 1. The highest BCUT2D eigenvalue weighted by molar-refractivity contribution is 5.95. The number of carbonyl (C=O) groups excluding carboxylic acids is 1. The second-order valence-corrected chi connectivity index (χ2v) is 5.88. The van der Waals surface area contributed by atoms with Crippen LogP contribution in [0.5, 0.6) is 0 Å². The molecule has 3 aromatic carbocycles. The van der Waals surface area contributed by atoms with Crippen LogP contribution in [0.25, 0.3) is 10.8 Å². The molecule has 0 radical (unpaired) electrons. The Labute approximate surface area is 144 Å². The zero-order valence-corrected chi connectivity index (χ0v) is 13.7. The molecule has 0 aliphatic heterocycles. The van der Waals surface area contributed by atoms with E-state index in [9.17, 15) is 13.6 Å². The SMILES string of the molecule is C[C@@H](NCC(=O)Nc1ccc2ccccc2c1)c1ccc(F)cc1F. The number of amides is 1. The van der Waals surface area contributed by atoms with Gasteiger partial charge in [-0.15, -0.1) is 0 Å². The predicted octanol–water partition coefficient (Wildman–Crippen LogP) is 4.41. The van der Waals surface area contributed by atoms with E-state index in [-0.39, 0.29) is 12.5 Å². The van der Waals surface area contributed by atoms with Gasteiger partial charge in [0.15, 0.2) is 0 Å². The molecule has 1 atom stereocenters. The van der Waals surface area contributed by atoms with Crippen molar-refractivity contribution < 1.29 is 13.6 Å². The Morgan fingerprint density at radius 1 is 1.00 bits per heavy atom. The van der Waals surface area contributed by atoms with Crippen LogP contribution in [-0.4, -0.2) is 12.5 Å². The summed E-state index contributed by atoms with van der Waals surface area (Å²) in [6.45, 7) is 1.74. The van der Waals surface area contributed by atoms with Crippen molar-refractivity contribution in [3.8, 4) is 0 Å². The van der Waals surface area contributed by atoms with E-state index < -0.39 is 17.7 Å². The minimum atomic E-state index is -0.630. The first-order valence-corrected chi connectivity index (χ1v) is 8.00. The molecule has 25 heavy (non-hydrogen) atoms. The van der Waals surface area contributed by atoms with Gasteiger partial charge < -0.3 is 10.6 Å². The summed E-state index contributed by atoms with van der Waals surface area (Å²) in [6, 6.07) is 16.5. The van der Waals surface area contributed by atoms with Gasteiger partial charge in [-0.2, -0.15) is 0 Å². The molecule has 1 amide bonds. The van der Waals surface area contributed by atoms with Crippen molar-refractivity contribution in [2.45, 2.75) is 13.0 Å². The van der Waals surface area contributed by atoms with Crippen molar-refractivity contribution in [2.24, 2.45) is 0 Å². The summed E-state index contributed by atoms with van der Waals surface area (Å²) in [5.41, 5.74) is 1.02. The van der Waals surface area contributed by atoms with Gasteiger partial charge in [-0.05, 0) is 35.9 Å². The minimum Gasteiger partial charge on any atom is -0.325 e. The Bertz CT molecular complexity index is 911. The van der Waals surface area contributed by atoms with Crippen molar-refractivity contribution in [2.75, 3.05) is 11.9 Å². The number of hydrogen-bond acceptors (Lipinski definition) is 2. The second kappa shape index (κ2) is 7.40. The average molecular weight is 340 g/mol. The lowest BCUT2D eigenvalue weighted by atomic mass is 10.1. The van der Waals surface area contributed by atoms with E-state index in [1.807, 2.05) is 42.5 Å². The highest BCUT2D eigenvalue weighted by Gasteiger charge is 2.13. The minimum absolute atomic E-state index is 0.0187. The van der Waals surface area contributed by atoms with Gasteiger partial charge in [0.25, 0.3) is 0 Å². The maximum Gasteiger partial charge on any atom is 0.238 e. The number of rotatable bonds is 5. The standard InChI is InChI=1S/C20H18F2N2O/c1-13(18-9-7-16(21)11-19(18)22)23-12-20(25)24-17-8-6-14-4-2-3-5-15(14)10-17/h2-11,13,23H,12H2,1H3,(H,24,25)/t13-/m1/s1. The van der Waals surface area contributed by atoms with Crippen LogP contribution in [-0.2, 0) is 4.79 Å². The van der Waals surface area contributed by atoms with E-state index in [1.54, 1.807) is 6.92 Å². The first-order chi connectivity index (χ1) is 12.0. The summed E-state index contributed by atoms with van der Waals surface area (Å²) in [5.74, 6) is -1.48. The maximum absolute atomic E-state index is 13.7. The Morgan fingerprint density at radius 3 is 2.52 bits per heavy atom. The molecule has 0 heterocycles. The first kappa shape index (κ1) is 17.0. The fourth-order valence-electron chi connectivity index (χ4n) is 2.68. The average Bonchev–Trinajstić information content (AvgIpc) is 2.59. The van der Waals surface area contributed by atoms with Crippen LogP contribution in [0.2, 0.25) is 0 Å². The number of hydrogen-bond donors (Lipinski definition) is 2. The van der Waals surface area contributed by atoms with Gasteiger partial charge in [0, 0.05) is 23.4 Å². The van der Waals surface area contributed by atoms with Gasteiger partial charge in [0.2, 0.25) is 5.91 Å². The van der Waals surface area contributed by atoms with Crippen LogP contribution >= 0.6 is 0 Å². The van der Waals surface area contributed by atoms with Gasteiger partial charge >= 0.3 is 0 Å². The zero-order valence-electron chi connectivity index (χ0n) is 13.7. The molecule has 2 N–H and O–H groups in total. The van der Waals surface area contributed by atoms with Gasteiger partial charge in [-0.1, -0.05) is 36.4 Å². The molecule has 0 saturated carbocycles. The van der Waals surface area contributed by atoms with Gasteiger partial charge in [-0.25, -0.2) is 8.78 Å². The van der Waals surface area contributed by atoms with Gasteiger partial charge in [-0.3, -0.25) is 4.79 Å². The van der Waals surface area contributed by atoms with Crippen molar-refractivity contribution in [3.63, 3.8) is 0 Å². The lowest BCUT2D eigenvalue weighted by Crippen LogP contribution is -2.30. The summed E-state index contributed by atoms with van der Waals surface area (Å²) >= 11 is 0. The molecule has 0 saturated heterocycles. The first-order valence-electron chi connectivity index (χ1n) is 8.00. The molecule has 0 aromatic heterocycles. The third-order valence-corrected chi connectivity index (χ3v) is 4.03. The molecule has 0 unspecified atom stereocenters. The van der Waals surface area contributed by atoms with Gasteiger partial charge in [0.05, 0.1) is 6.54 Å². The number of fused-ring (bicyclic) bond motifs is 1. The smallest absolute Gasteiger partial charge is 0.238 e. The number of halogens is 2. The molecular formula is C20H18F2N2O. The van der Waals surface area contributed by atoms with Crippen LogP contribution in [0.1, 0.15) is 18.5 Å². The predicted molar refractivity (Wildman–Crippen MR) is 95.4 cm³/mol. The van der Waals surface area contributed by atoms with E-state index in [2.05, 4.69) is 10.6 Å². The summed E-state index contributed by atoms with van der Waals surface area (Å²) in [4.78, 5) is 12.1. The molecular weight excluding hydrogens is 322 g/mol. The lowest BCUT2D eigenvalue weighted by Gasteiger charge is -2.15. The summed E-state index contributed by atoms with van der Waals surface area (Å²) in [7, 11) is 0. The molecule has 0 bridgehead atoms. The lowest BCUT2D eigenvalue weighted by molar-refractivity contribution is -0.115. The van der Waals surface area contributed by atoms with E-state index in [4.69, 9.17) is 0 Å². The third kappa shape index (κ3) is 4.19. The molecule has 0 fully saturated rings. The fraction of sp³-hybridized carbons (Fsp3) is 0.150. The molecule has 3 nitrogen and oxygen atoms in total. The molecule has 5 heteroatoms. The van der Waals surface area contributed by atoms with E-state index in [0.29, 0.717) is 11.3 Å². The van der Waals surface area contributed by atoms with Crippen molar-refractivity contribution in [3.05, 3.63) is 77.9 Å². The number of benzene rings is 3. The van der Waals surface area contributed by atoms with Crippen molar-refractivity contribution >= 4 is 22.4 Å². The van der Waals surface area contributed by atoms with Crippen molar-refractivity contribution in [1.29, 1.82) is 0 Å². The van der Waals surface area contributed by atoms with Gasteiger partial charge in [0.1, 0.15) is 11.6 Å². The molecule has 0 aliphatic rings. The molecule has 3 aromatic rings. The largest absolute Gasteiger partial charge is 0.325 e. The van der Waals surface area contributed by atoms with E-state index in [1.165, 1.54) is 12.1 Å². The normalized spacial score (nSPS) is 12.1. The summed E-state index contributed by atoms with van der Waals surface area (Å²) in [5, 5.41) is 7.88. The highest BCUT2D eigenvalue weighted by Crippen LogP contribution is 2.19. The van der Waals surface area contributed by atoms with E-state index >= 15 is 0 Å². The number of carbonyl (C=O) groups is 1.